The third kappa shape index (κ3) is 8.89. The number of epoxide rings is 1. The Kier molecular flexibility index (Phi) is 11.0. The number of carbonyl (C=O) groups is 4. The molecular weight excluding hydrogens is 608 g/mol. The van der Waals surface area contributed by atoms with Gasteiger partial charge < -0.3 is 24.8 Å². The summed E-state index contributed by atoms with van der Waals surface area (Å²) in [5.74, 6) is -2.36. The lowest BCUT2D eigenvalue weighted by molar-refractivity contribution is -0.179. The summed E-state index contributed by atoms with van der Waals surface area (Å²) in [6.07, 6.45) is 1.63. The highest BCUT2D eigenvalue weighted by atomic mass is 16.6. The summed E-state index contributed by atoms with van der Waals surface area (Å²) in [7, 11) is 0. The smallest absolute Gasteiger partial charge is 0.347 e. The SMILES string of the molecule is CC(C)CC1OC(=O)C(C)(C)CNC(=O)[C@@H](Cc2ccc3ccccc3c2)NC(=O)/C=C/C[C@@H]([C@H](C)[C@H]2O[C@@H]2c2ccccc2)OC1=O. The second-order valence-corrected chi connectivity index (χ2v) is 14.0. The van der Waals surface area contributed by atoms with Crippen LogP contribution in [0.2, 0.25) is 0 Å². The lowest BCUT2D eigenvalue weighted by Gasteiger charge is -2.29. The summed E-state index contributed by atoms with van der Waals surface area (Å²) in [6.45, 7) is 9.06. The van der Waals surface area contributed by atoms with Crippen LogP contribution in [0.1, 0.15) is 64.7 Å². The van der Waals surface area contributed by atoms with Crippen molar-refractivity contribution in [3.05, 3.63) is 96.1 Å². The second-order valence-electron chi connectivity index (χ2n) is 14.0. The summed E-state index contributed by atoms with van der Waals surface area (Å²) in [6, 6.07) is 22.8. The van der Waals surface area contributed by atoms with Gasteiger partial charge in [-0.25, -0.2) is 4.79 Å². The first-order valence-electron chi connectivity index (χ1n) is 16.8. The van der Waals surface area contributed by atoms with Crippen molar-refractivity contribution in [3.8, 4) is 0 Å². The molecule has 2 aliphatic rings. The first kappa shape index (κ1) is 34.8. The fourth-order valence-electron chi connectivity index (χ4n) is 5.99. The van der Waals surface area contributed by atoms with Gasteiger partial charge in [0.1, 0.15) is 18.2 Å². The van der Waals surface area contributed by atoms with Crippen molar-refractivity contribution in [2.24, 2.45) is 17.3 Å². The van der Waals surface area contributed by atoms with Gasteiger partial charge in [-0.2, -0.15) is 0 Å². The molecule has 0 spiro atoms. The molecule has 3 aromatic rings. The van der Waals surface area contributed by atoms with Crippen LogP contribution in [-0.4, -0.2) is 54.7 Å². The Hall–Kier alpha value is -4.50. The summed E-state index contributed by atoms with van der Waals surface area (Å²) >= 11 is 0. The highest BCUT2D eigenvalue weighted by Crippen LogP contribution is 2.45. The predicted octanol–water partition coefficient (Wildman–Crippen LogP) is 5.62. The molecule has 0 bridgehead atoms. The molecule has 1 fully saturated rings. The van der Waals surface area contributed by atoms with E-state index in [0.29, 0.717) is 0 Å². The van der Waals surface area contributed by atoms with E-state index in [1.165, 1.54) is 6.08 Å². The average molecular weight is 655 g/mol. The highest BCUT2D eigenvalue weighted by Gasteiger charge is 2.48. The molecule has 6 atom stereocenters. The van der Waals surface area contributed by atoms with Gasteiger partial charge in [0.15, 0.2) is 6.10 Å². The van der Waals surface area contributed by atoms with Crippen LogP contribution < -0.4 is 10.6 Å². The van der Waals surface area contributed by atoms with E-state index in [4.69, 9.17) is 14.2 Å². The molecule has 9 nitrogen and oxygen atoms in total. The maximum atomic E-state index is 13.6. The van der Waals surface area contributed by atoms with Crippen molar-refractivity contribution in [1.29, 1.82) is 0 Å². The highest BCUT2D eigenvalue weighted by molar-refractivity contribution is 5.93. The van der Waals surface area contributed by atoms with E-state index in [-0.39, 0.29) is 49.9 Å². The summed E-state index contributed by atoms with van der Waals surface area (Å²) in [4.78, 5) is 53.9. The Morgan fingerprint density at radius 3 is 2.31 bits per heavy atom. The van der Waals surface area contributed by atoms with Crippen molar-refractivity contribution in [2.75, 3.05) is 6.54 Å². The summed E-state index contributed by atoms with van der Waals surface area (Å²) < 4.78 is 17.9. The molecule has 0 aromatic heterocycles. The quantitative estimate of drug-likeness (QED) is 0.251. The number of ether oxygens (including phenoxy) is 3. The number of cyclic esters (lactones) is 2. The predicted molar refractivity (Wildman–Crippen MR) is 183 cm³/mol. The fourth-order valence-corrected chi connectivity index (χ4v) is 5.99. The number of benzene rings is 3. The molecule has 0 aliphatic carbocycles. The Labute approximate surface area is 282 Å². The van der Waals surface area contributed by atoms with Gasteiger partial charge in [-0.1, -0.05) is 99.6 Å². The molecule has 0 radical (unpaired) electrons. The lowest BCUT2D eigenvalue weighted by Crippen LogP contribution is -2.51. The molecule has 2 aliphatic heterocycles. The van der Waals surface area contributed by atoms with E-state index >= 15 is 0 Å². The molecule has 2 heterocycles. The van der Waals surface area contributed by atoms with E-state index in [2.05, 4.69) is 10.6 Å². The maximum Gasteiger partial charge on any atom is 0.347 e. The molecule has 254 valence electrons. The van der Waals surface area contributed by atoms with Crippen molar-refractivity contribution < 1.29 is 33.4 Å². The fraction of sp³-hybridized carbons (Fsp3) is 0.436. The zero-order valence-electron chi connectivity index (χ0n) is 28.3. The maximum absolute atomic E-state index is 13.6. The van der Waals surface area contributed by atoms with Crippen molar-refractivity contribution in [3.63, 3.8) is 0 Å². The molecule has 48 heavy (non-hydrogen) atoms. The van der Waals surface area contributed by atoms with Gasteiger partial charge in [0.05, 0.1) is 11.5 Å². The molecule has 2 amide bonds. The first-order valence-corrected chi connectivity index (χ1v) is 16.8. The molecule has 1 saturated heterocycles. The molecular formula is C39H46N2O7. The Balaban J connectivity index is 1.40. The average Bonchev–Trinajstić information content (AvgIpc) is 3.87. The first-order chi connectivity index (χ1) is 22.9. The molecule has 0 saturated carbocycles. The largest absolute Gasteiger partial charge is 0.459 e. The van der Waals surface area contributed by atoms with E-state index in [1.54, 1.807) is 19.9 Å². The number of rotatable bonds is 7. The molecule has 1 unspecified atom stereocenters. The van der Waals surface area contributed by atoms with Gasteiger partial charge in [0.2, 0.25) is 11.8 Å². The summed E-state index contributed by atoms with van der Waals surface area (Å²) in [5, 5.41) is 7.77. The van der Waals surface area contributed by atoms with Crippen molar-refractivity contribution in [2.45, 2.75) is 84.3 Å². The van der Waals surface area contributed by atoms with Crippen molar-refractivity contribution >= 4 is 34.5 Å². The molecule has 9 heteroatoms. The van der Waals surface area contributed by atoms with Gasteiger partial charge >= 0.3 is 11.9 Å². The minimum atomic E-state index is -1.17. The van der Waals surface area contributed by atoms with Crippen LogP contribution in [0.15, 0.2) is 84.9 Å². The third-order valence-corrected chi connectivity index (χ3v) is 9.00. The Morgan fingerprint density at radius 2 is 1.58 bits per heavy atom. The van der Waals surface area contributed by atoms with Crippen LogP contribution in [-0.2, 0) is 39.8 Å². The molecule has 3 aromatic carbocycles. The van der Waals surface area contributed by atoms with E-state index in [1.807, 2.05) is 93.6 Å². The van der Waals surface area contributed by atoms with Gasteiger partial charge in [-0.3, -0.25) is 14.4 Å². The van der Waals surface area contributed by atoms with Crippen LogP contribution in [0, 0.1) is 17.3 Å². The zero-order chi connectivity index (χ0) is 34.4. The third-order valence-electron chi connectivity index (χ3n) is 9.00. The monoisotopic (exact) mass is 654 g/mol. The van der Waals surface area contributed by atoms with E-state index < -0.39 is 47.4 Å². The normalized spacial score (nSPS) is 26.6. The number of fused-ring (bicyclic) bond motifs is 1. The van der Waals surface area contributed by atoms with Gasteiger partial charge in [-0.05, 0) is 54.2 Å². The number of esters is 2. The number of carbonyl (C=O) groups excluding carboxylic acids is 4. The van der Waals surface area contributed by atoms with Crippen molar-refractivity contribution in [1.82, 2.24) is 10.6 Å². The topological polar surface area (TPSA) is 123 Å². The van der Waals surface area contributed by atoms with Crippen LogP contribution in [0.4, 0.5) is 0 Å². The minimum absolute atomic E-state index is 0.0355. The van der Waals surface area contributed by atoms with Crippen LogP contribution >= 0.6 is 0 Å². The van der Waals surface area contributed by atoms with E-state index in [0.717, 1.165) is 21.9 Å². The van der Waals surface area contributed by atoms with Gasteiger partial charge in [0, 0.05) is 25.3 Å². The van der Waals surface area contributed by atoms with Gasteiger partial charge in [0.25, 0.3) is 0 Å². The Bertz CT molecular complexity index is 1650. The minimum Gasteiger partial charge on any atom is -0.459 e. The standard InChI is InChI=1S/C39H46N2O7/c1-24(2)20-32-37(44)46-31(25(3)34-35(48-34)28-13-7-6-8-14-28)16-11-17-33(42)41-30(36(43)40-23-39(4,5)38(45)47-32)22-26-18-19-27-12-9-10-15-29(27)21-26/h6-15,17-19,21,24-25,30-32,34-35H,16,20,22-23H2,1-5H3,(H,40,43)(H,41,42)/b17-11+/t25-,30+,31-,32?,34+,35+/m0/s1. The van der Waals surface area contributed by atoms with Crippen LogP contribution in [0.25, 0.3) is 10.8 Å². The second kappa shape index (κ2) is 15.2. The van der Waals surface area contributed by atoms with Crippen LogP contribution in [0.3, 0.4) is 0 Å². The number of hydrogen-bond donors (Lipinski definition) is 2. The number of nitrogens with one attached hydrogen (secondary N) is 2. The van der Waals surface area contributed by atoms with Crippen LogP contribution in [0.5, 0.6) is 0 Å². The number of hydrogen-bond acceptors (Lipinski definition) is 7. The molecule has 2 N–H and O–H groups in total. The summed E-state index contributed by atoms with van der Waals surface area (Å²) in [5.41, 5.74) is 0.742. The Morgan fingerprint density at radius 1 is 0.875 bits per heavy atom. The van der Waals surface area contributed by atoms with E-state index in [9.17, 15) is 19.2 Å². The van der Waals surface area contributed by atoms with Gasteiger partial charge in [-0.15, -0.1) is 0 Å². The molecule has 5 rings (SSSR count). The lowest BCUT2D eigenvalue weighted by atomic mass is 9.92. The number of amides is 2. The zero-order valence-corrected chi connectivity index (χ0v) is 28.3.